The van der Waals surface area contributed by atoms with E-state index < -0.39 is 0 Å². The second-order valence-corrected chi connectivity index (χ2v) is 6.99. The maximum absolute atomic E-state index is 12.2. The van der Waals surface area contributed by atoms with E-state index >= 15 is 0 Å². The fourth-order valence-electron chi connectivity index (χ4n) is 3.23. The van der Waals surface area contributed by atoms with Crippen molar-refractivity contribution in [3.63, 3.8) is 0 Å². The average Bonchev–Trinajstić information content (AvgIpc) is 2.68. The van der Waals surface area contributed by atoms with Gasteiger partial charge < -0.3 is 15.4 Å². The minimum absolute atomic E-state index is 0.148. The van der Waals surface area contributed by atoms with E-state index in [1.165, 1.54) is 24.8 Å². The van der Waals surface area contributed by atoms with E-state index in [0.29, 0.717) is 12.3 Å². The van der Waals surface area contributed by atoms with Gasteiger partial charge in [0.15, 0.2) is 0 Å². The molecule has 0 bridgehead atoms. The molecule has 2 amide bonds. The molecular formula is C21H28N4O2. The normalized spacial score (nSPS) is 15.7. The summed E-state index contributed by atoms with van der Waals surface area (Å²) in [6.45, 7) is 5.58. The Labute approximate surface area is 160 Å². The summed E-state index contributed by atoms with van der Waals surface area (Å²) in [6.07, 6.45) is 7.10. The lowest BCUT2D eigenvalue weighted by Gasteiger charge is -2.26. The van der Waals surface area contributed by atoms with E-state index in [-0.39, 0.29) is 12.1 Å². The number of pyridine rings is 1. The maximum atomic E-state index is 12.2. The Kier molecular flexibility index (Phi) is 7.04. The molecule has 0 aliphatic carbocycles. The number of carbonyl (C=O) groups is 1. The summed E-state index contributed by atoms with van der Waals surface area (Å²) in [5.41, 5.74) is 2.03. The molecule has 6 heteroatoms. The molecule has 1 aromatic heterocycles. The molecule has 1 unspecified atom stereocenters. The molecule has 2 aromatic rings. The molecule has 0 saturated carbocycles. The second kappa shape index (κ2) is 9.92. The molecule has 1 aliphatic heterocycles. The lowest BCUT2D eigenvalue weighted by Crippen LogP contribution is -2.36. The van der Waals surface area contributed by atoms with Crippen molar-refractivity contribution >= 4 is 11.7 Å². The number of hydrogen-bond donors (Lipinski definition) is 2. The molecule has 1 saturated heterocycles. The number of carbonyl (C=O) groups excluding carboxylic acids is 1. The van der Waals surface area contributed by atoms with Crippen LogP contribution in [-0.4, -0.2) is 41.7 Å². The zero-order chi connectivity index (χ0) is 18.9. The molecule has 0 spiro atoms. The highest BCUT2D eigenvalue weighted by molar-refractivity contribution is 5.89. The van der Waals surface area contributed by atoms with E-state index in [0.717, 1.165) is 25.3 Å². The molecule has 3 rings (SSSR count). The highest BCUT2D eigenvalue weighted by atomic mass is 16.5. The fraction of sp³-hybridized carbons (Fsp3) is 0.429. The van der Waals surface area contributed by atoms with Gasteiger partial charge in [-0.2, -0.15) is 0 Å². The molecule has 1 atom stereocenters. The molecule has 144 valence electrons. The van der Waals surface area contributed by atoms with Gasteiger partial charge in [0, 0.05) is 18.4 Å². The van der Waals surface area contributed by atoms with E-state index in [1.807, 2.05) is 37.3 Å². The number of benzene rings is 1. The standard InChI is InChI=1S/C21H28N4O2/c1-17(27-20-9-6-10-22-15-20)14-23-21(26)24-19-8-5-7-18(13-19)16-25-11-3-2-4-12-25/h5-10,13,15,17H,2-4,11-12,14,16H2,1H3,(H2,23,24,26). The zero-order valence-corrected chi connectivity index (χ0v) is 15.9. The molecule has 2 heterocycles. The zero-order valence-electron chi connectivity index (χ0n) is 15.9. The van der Waals surface area contributed by atoms with Crippen molar-refractivity contribution in [3.8, 4) is 5.75 Å². The van der Waals surface area contributed by atoms with Crippen molar-refractivity contribution in [2.45, 2.75) is 38.8 Å². The lowest BCUT2D eigenvalue weighted by atomic mass is 10.1. The largest absolute Gasteiger partial charge is 0.487 e. The molecule has 1 aromatic carbocycles. The molecule has 1 aliphatic rings. The van der Waals surface area contributed by atoms with Crippen LogP contribution in [0.3, 0.4) is 0 Å². The van der Waals surface area contributed by atoms with E-state index in [1.54, 1.807) is 12.4 Å². The van der Waals surface area contributed by atoms with Crippen LogP contribution in [-0.2, 0) is 6.54 Å². The van der Waals surface area contributed by atoms with Crippen LogP contribution in [0.15, 0.2) is 48.8 Å². The Balaban J connectivity index is 1.44. The Morgan fingerprint density at radius 2 is 2.07 bits per heavy atom. The molecule has 27 heavy (non-hydrogen) atoms. The number of likely N-dealkylation sites (tertiary alicyclic amines) is 1. The van der Waals surface area contributed by atoms with E-state index in [4.69, 9.17) is 4.74 Å². The fourth-order valence-corrected chi connectivity index (χ4v) is 3.23. The highest BCUT2D eigenvalue weighted by Gasteiger charge is 2.11. The summed E-state index contributed by atoms with van der Waals surface area (Å²) < 4.78 is 5.71. The predicted octanol–water partition coefficient (Wildman–Crippen LogP) is 3.66. The third kappa shape index (κ3) is 6.57. The summed E-state index contributed by atoms with van der Waals surface area (Å²) in [4.78, 5) is 18.7. The number of rotatable bonds is 7. The molecule has 0 radical (unpaired) electrons. The van der Waals surface area contributed by atoms with Crippen molar-refractivity contribution in [1.29, 1.82) is 0 Å². The summed E-state index contributed by atoms with van der Waals surface area (Å²) in [7, 11) is 0. The molecule has 6 nitrogen and oxygen atoms in total. The first-order chi connectivity index (χ1) is 13.2. The van der Waals surface area contributed by atoms with Gasteiger partial charge in [-0.3, -0.25) is 9.88 Å². The Hall–Kier alpha value is -2.60. The summed E-state index contributed by atoms with van der Waals surface area (Å²) >= 11 is 0. The van der Waals surface area contributed by atoms with Crippen molar-refractivity contribution in [3.05, 3.63) is 54.4 Å². The van der Waals surface area contributed by atoms with E-state index in [2.05, 4.69) is 26.6 Å². The monoisotopic (exact) mass is 368 g/mol. The SMILES string of the molecule is CC(CNC(=O)Nc1cccc(CN2CCCCC2)c1)Oc1cccnc1. The smallest absolute Gasteiger partial charge is 0.319 e. The third-order valence-electron chi connectivity index (χ3n) is 4.56. The van der Waals surface area contributed by atoms with Crippen LogP contribution in [0.2, 0.25) is 0 Å². The number of hydrogen-bond acceptors (Lipinski definition) is 4. The van der Waals surface area contributed by atoms with Crippen molar-refractivity contribution < 1.29 is 9.53 Å². The van der Waals surface area contributed by atoms with E-state index in [9.17, 15) is 4.79 Å². The van der Waals surface area contributed by atoms with Crippen LogP contribution >= 0.6 is 0 Å². The quantitative estimate of drug-likeness (QED) is 0.783. The van der Waals surface area contributed by atoms with Gasteiger partial charge in [-0.25, -0.2) is 4.79 Å². The third-order valence-corrected chi connectivity index (χ3v) is 4.56. The first-order valence-electron chi connectivity index (χ1n) is 9.62. The van der Waals surface area contributed by atoms with Crippen LogP contribution in [0.1, 0.15) is 31.7 Å². The van der Waals surface area contributed by atoms with Gasteiger partial charge in [0.2, 0.25) is 0 Å². The topological polar surface area (TPSA) is 66.5 Å². The molecule has 1 fully saturated rings. The van der Waals surface area contributed by atoms with Gasteiger partial charge in [-0.1, -0.05) is 18.6 Å². The number of amides is 2. The minimum atomic E-state index is -0.230. The first-order valence-corrected chi connectivity index (χ1v) is 9.62. The number of aromatic nitrogens is 1. The number of anilines is 1. The van der Waals surface area contributed by atoms with Gasteiger partial charge in [0.1, 0.15) is 11.9 Å². The summed E-state index contributed by atoms with van der Waals surface area (Å²) in [5, 5.41) is 5.75. The van der Waals surface area contributed by atoms with Crippen molar-refractivity contribution in [2.24, 2.45) is 0 Å². The summed E-state index contributed by atoms with van der Waals surface area (Å²) in [5.74, 6) is 0.692. The minimum Gasteiger partial charge on any atom is -0.487 e. The molecular weight excluding hydrogens is 340 g/mol. The summed E-state index contributed by atoms with van der Waals surface area (Å²) in [6, 6.07) is 11.5. The average molecular weight is 368 g/mol. The number of ether oxygens (including phenoxy) is 1. The van der Waals surface area contributed by atoms with Gasteiger partial charge in [0.05, 0.1) is 12.7 Å². The van der Waals surface area contributed by atoms with Crippen LogP contribution in [0.5, 0.6) is 5.75 Å². The number of piperidine rings is 1. The van der Waals surface area contributed by atoms with Crippen LogP contribution in [0.25, 0.3) is 0 Å². The number of urea groups is 1. The first kappa shape index (κ1) is 19.2. The van der Waals surface area contributed by atoms with Gasteiger partial charge in [0.25, 0.3) is 0 Å². The van der Waals surface area contributed by atoms with Crippen LogP contribution < -0.4 is 15.4 Å². The van der Waals surface area contributed by atoms with Crippen molar-refractivity contribution in [1.82, 2.24) is 15.2 Å². The Bertz CT molecular complexity index is 717. The number of nitrogens with one attached hydrogen (secondary N) is 2. The van der Waals surface area contributed by atoms with Crippen LogP contribution in [0.4, 0.5) is 10.5 Å². The van der Waals surface area contributed by atoms with Gasteiger partial charge in [-0.05, 0) is 62.7 Å². The van der Waals surface area contributed by atoms with Gasteiger partial charge >= 0.3 is 6.03 Å². The number of nitrogens with zero attached hydrogens (tertiary/aromatic N) is 2. The Morgan fingerprint density at radius 1 is 1.22 bits per heavy atom. The maximum Gasteiger partial charge on any atom is 0.319 e. The predicted molar refractivity (Wildman–Crippen MR) is 107 cm³/mol. The second-order valence-electron chi connectivity index (χ2n) is 6.99. The lowest BCUT2D eigenvalue weighted by molar-refractivity contribution is 0.211. The highest BCUT2D eigenvalue weighted by Crippen LogP contribution is 2.16. The molecule has 2 N–H and O–H groups in total. The van der Waals surface area contributed by atoms with Gasteiger partial charge in [-0.15, -0.1) is 0 Å². The van der Waals surface area contributed by atoms with Crippen molar-refractivity contribution in [2.75, 3.05) is 25.0 Å². The Morgan fingerprint density at radius 3 is 2.85 bits per heavy atom. The van der Waals surface area contributed by atoms with Crippen LogP contribution in [0, 0.1) is 0 Å².